The largest absolute Gasteiger partial charge is 0.416 e. The van der Waals surface area contributed by atoms with E-state index in [1.165, 1.54) is 12.1 Å². The normalized spacial score (nSPS) is 11.3. The van der Waals surface area contributed by atoms with Gasteiger partial charge in [0.1, 0.15) is 0 Å². The van der Waals surface area contributed by atoms with Gasteiger partial charge in [-0.15, -0.1) is 0 Å². The van der Waals surface area contributed by atoms with Crippen LogP contribution in [-0.4, -0.2) is 10.8 Å². The molecule has 0 bridgehead atoms. The molecule has 0 aliphatic carbocycles. The van der Waals surface area contributed by atoms with Crippen LogP contribution in [-0.2, 0) is 12.6 Å². The second kappa shape index (κ2) is 5.86. The van der Waals surface area contributed by atoms with Crippen molar-refractivity contribution >= 4 is 5.78 Å². The smallest absolute Gasteiger partial charge is 0.294 e. The van der Waals surface area contributed by atoms with E-state index in [1.54, 1.807) is 24.4 Å². The predicted molar refractivity (Wildman–Crippen MR) is 68.3 cm³/mol. The Balaban J connectivity index is 2.06. The van der Waals surface area contributed by atoms with Crippen molar-refractivity contribution in [2.24, 2.45) is 0 Å². The lowest BCUT2D eigenvalue weighted by atomic mass is 10.0. The van der Waals surface area contributed by atoms with E-state index >= 15 is 0 Å². The molecule has 2 aromatic rings. The van der Waals surface area contributed by atoms with Crippen LogP contribution in [0.2, 0.25) is 0 Å². The number of carbonyl (C=O) groups is 1. The van der Waals surface area contributed by atoms with Crippen molar-refractivity contribution in [3.8, 4) is 0 Å². The van der Waals surface area contributed by atoms with Crippen molar-refractivity contribution in [3.63, 3.8) is 0 Å². The van der Waals surface area contributed by atoms with Gasteiger partial charge in [-0.25, -0.2) is 0 Å². The topological polar surface area (TPSA) is 30.0 Å². The van der Waals surface area contributed by atoms with E-state index in [4.69, 9.17) is 0 Å². The van der Waals surface area contributed by atoms with Gasteiger partial charge in [-0.1, -0.05) is 18.2 Å². The van der Waals surface area contributed by atoms with Gasteiger partial charge in [0.05, 0.1) is 5.56 Å². The first-order valence-corrected chi connectivity index (χ1v) is 6.07. The first-order valence-electron chi connectivity index (χ1n) is 6.07. The van der Waals surface area contributed by atoms with Crippen LogP contribution in [0.1, 0.15) is 28.0 Å². The summed E-state index contributed by atoms with van der Waals surface area (Å²) in [6.45, 7) is 0. The Morgan fingerprint density at radius 2 is 1.90 bits per heavy atom. The Morgan fingerprint density at radius 1 is 1.10 bits per heavy atom. The molecule has 0 radical (unpaired) electrons. The van der Waals surface area contributed by atoms with E-state index in [-0.39, 0.29) is 17.8 Å². The number of hydrogen-bond acceptors (Lipinski definition) is 2. The molecule has 1 aromatic carbocycles. The minimum absolute atomic E-state index is 0.0794. The van der Waals surface area contributed by atoms with E-state index in [9.17, 15) is 18.0 Å². The van der Waals surface area contributed by atoms with Crippen molar-refractivity contribution in [1.82, 2.24) is 4.98 Å². The zero-order valence-electron chi connectivity index (χ0n) is 10.5. The molecule has 5 heteroatoms. The monoisotopic (exact) mass is 279 g/mol. The van der Waals surface area contributed by atoms with E-state index in [2.05, 4.69) is 4.98 Å². The lowest BCUT2D eigenvalue weighted by molar-refractivity contribution is -0.137. The minimum Gasteiger partial charge on any atom is -0.294 e. The predicted octanol–water partition coefficient (Wildman–Crippen LogP) is 3.92. The van der Waals surface area contributed by atoms with Gasteiger partial charge in [0, 0.05) is 23.9 Å². The Labute approximate surface area is 114 Å². The molecule has 0 N–H and O–H groups in total. The number of halogens is 3. The Kier molecular flexibility index (Phi) is 4.17. The molecule has 0 aliphatic rings. The van der Waals surface area contributed by atoms with Crippen molar-refractivity contribution in [3.05, 3.63) is 65.5 Å². The van der Waals surface area contributed by atoms with Gasteiger partial charge < -0.3 is 0 Å². The standard InChI is InChI=1S/C15H12F3NO/c16-15(17,18)12-5-3-4-11(10-12)14(20)8-7-13-6-1-2-9-19-13/h1-6,9-10H,7-8H2. The molecule has 0 unspecified atom stereocenters. The van der Waals surface area contributed by atoms with Gasteiger partial charge in [0.15, 0.2) is 5.78 Å². The van der Waals surface area contributed by atoms with Gasteiger partial charge in [0.2, 0.25) is 0 Å². The zero-order valence-corrected chi connectivity index (χ0v) is 10.5. The van der Waals surface area contributed by atoms with Crippen molar-refractivity contribution in [2.75, 3.05) is 0 Å². The molecule has 0 aliphatic heterocycles. The highest BCUT2D eigenvalue weighted by molar-refractivity contribution is 5.96. The number of nitrogens with zero attached hydrogens (tertiary/aromatic N) is 1. The molecule has 104 valence electrons. The maximum atomic E-state index is 12.6. The van der Waals surface area contributed by atoms with Crippen LogP contribution in [0.4, 0.5) is 13.2 Å². The number of benzene rings is 1. The molecule has 0 spiro atoms. The van der Waals surface area contributed by atoms with Crippen LogP contribution in [0.15, 0.2) is 48.7 Å². The highest BCUT2D eigenvalue weighted by Gasteiger charge is 2.30. The molecule has 0 fully saturated rings. The summed E-state index contributed by atoms with van der Waals surface area (Å²) >= 11 is 0. The third kappa shape index (κ3) is 3.66. The van der Waals surface area contributed by atoms with Crippen LogP contribution < -0.4 is 0 Å². The maximum absolute atomic E-state index is 12.6. The van der Waals surface area contributed by atoms with E-state index in [0.29, 0.717) is 6.42 Å². The Bertz CT molecular complexity index is 594. The highest BCUT2D eigenvalue weighted by atomic mass is 19.4. The maximum Gasteiger partial charge on any atom is 0.416 e. The molecule has 0 amide bonds. The van der Waals surface area contributed by atoms with Gasteiger partial charge in [-0.05, 0) is 30.7 Å². The SMILES string of the molecule is O=C(CCc1ccccn1)c1cccc(C(F)(F)F)c1. The van der Waals surface area contributed by atoms with E-state index in [0.717, 1.165) is 17.8 Å². The Hall–Kier alpha value is -2.17. The summed E-state index contributed by atoms with van der Waals surface area (Å²) in [5.41, 5.74) is 0.0183. The average Bonchev–Trinajstić information content (AvgIpc) is 2.45. The lowest BCUT2D eigenvalue weighted by Gasteiger charge is -2.08. The fraction of sp³-hybridized carbons (Fsp3) is 0.200. The number of ketones is 1. The fourth-order valence-corrected chi connectivity index (χ4v) is 1.80. The average molecular weight is 279 g/mol. The molecule has 1 heterocycles. The van der Waals surface area contributed by atoms with Crippen LogP contribution in [0, 0.1) is 0 Å². The van der Waals surface area contributed by atoms with Crippen LogP contribution in [0.25, 0.3) is 0 Å². The number of aromatic nitrogens is 1. The number of rotatable bonds is 4. The van der Waals surface area contributed by atoms with Crippen molar-refractivity contribution in [1.29, 1.82) is 0 Å². The van der Waals surface area contributed by atoms with Crippen LogP contribution >= 0.6 is 0 Å². The summed E-state index contributed by atoms with van der Waals surface area (Å²) in [5.74, 6) is -0.318. The van der Waals surface area contributed by atoms with Crippen molar-refractivity contribution in [2.45, 2.75) is 19.0 Å². The summed E-state index contributed by atoms with van der Waals surface area (Å²) in [7, 11) is 0. The number of alkyl halides is 3. The van der Waals surface area contributed by atoms with Crippen LogP contribution in [0.3, 0.4) is 0 Å². The first-order chi connectivity index (χ1) is 9.47. The number of carbonyl (C=O) groups excluding carboxylic acids is 1. The highest BCUT2D eigenvalue weighted by Crippen LogP contribution is 2.29. The molecule has 1 aromatic heterocycles. The van der Waals surface area contributed by atoms with E-state index < -0.39 is 11.7 Å². The summed E-state index contributed by atoms with van der Waals surface area (Å²) in [4.78, 5) is 16.0. The molecular formula is C15H12F3NO. The van der Waals surface area contributed by atoms with Gasteiger partial charge >= 0.3 is 6.18 Å². The third-order valence-electron chi connectivity index (χ3n) is 2.85. The zero-order chi connectivity index (χ0) is 14.6. The number of hydrogen-bond donors (Lipinski definition) is 0. The second-order valence-corrected chi connectivity index (χ2v) is 4.32. The van der Waals surface area contributed by atoms with Crippen molar-refractivity contribution < 1.29 is 18.0 Å². The molecule has 2 rings (SSSR count). The quantitative estimate of drug-likeness (QED) is 0.794. The van der Waals surface area contributed by atoms with Gasteiger partial charge in [0.25, 0.3) is 0 Å². The minimum atomic E-state index is -4.43. The molecule has 0 saturated carbocycles. The summed E-state index contributed by atoms with van der Waals surface area (Å²) in [5, 5.41) is 0. The third-order valence-corrected chi connectivity index (χ3v) is 2.85. The molecule has 2 nitrogen and oxygen atoms in total. The second-order valence-electron chi connectivity index (χ2n) is 4.32. The number of pyridine rings is 1. The first kappa shape index (κ1) is 14.2. The number of aryl methyl sites for hydroxylation is 1. The molecule has 20 heavy (non-hydrogen) atoms. The fourth-order valence-electron chi connectivity index (χ4n) is 1.80. The van der Waals surface area contributed by atoms with Crippen LogP contribution in [0.5, 0.6) is 0 Å². The lowest BCUT2D eigenvalue weighted by Crippen LogP contribution is -2.08. The van der Waals surface area contributed by atoms with Gasteiger partial charge in [-0.2, -0.15) is 13.2 Å². The molecule has 0 saturated heterocycles. The van der Waals surface area contributed by atoms with E-state index in [1.807, 2.05) is 0 Å². The molecular weight excluding hydrogens is 267 g/mol. The Morgan fingerprint density at radius 3 is 2.55 bits per heavy atom. The summed E-state index contributed by atoms with van der Waals surface area (Å²) in [6.07, 6.45) is -2.27. The summed E-state index contributed by atoms with van der Waals surface area (Å²) in [6, 6.07) is 9.83. The summed E-state index contributed by atoms with van der Waals surface area (Å²) < 4.78 is 37.7. The van der Waals surface area contributed by atoms with Gasteiger partial charge in [-0.3, -0.25) is 9.78 Å². The molecule has 0 atom stereocenters. The number of Topliss-reactive ketones (excluding diaryl/α,β-unsaturated/α-hetero) is 1.